The van der Waals surface area contributed by atoms with Crippen molar-refractivity contribution in [3.8, 4) is 0 Å². The highest BCUT2D eigenvalue weighted by Gasteiger charge is 2.27. The quantitative estimate of drug-likeness (QED) is 0.666. The van der Waals surface area contributed by atoms with Crippen molar-refractivity contribution in [1.29, 1.82) is 0 Å². The van der Waals surface area contributed by atoms with Gasteiger partial charge in [0.1, 0.15) is 0 Å². The van der Waals surface area contributed by atoms with Crippen molar-refractivity contribution in [3.63, 3.8) is 0 Å². The maximum Gasteiger partial charge on any atom is 0.237 e. The molecule has 0 aromatic heterocycles. The van der Waals surface area contributed by atoms with E-state index in [1.54, 1.807) is 12.1 Å². The van der Waals surface area contributed by atoms with Crippen molar-refractivity contribution in [2.24, 2.45) is 0 Å². The van der Waals surface area contributed by atoms with E-state index in [4.69, 9.17) is 0 Å². The first-order valence-electron chi connectivity index (χ1n) is 9.97. The van der Waals surface area contributed by atoms with Crippen LogP contribution in [-0.4, -0.2) is 31.2 Å². The number of aryl methyl sites for hydroxylation is 2. The van der Waals surface area contributed by atoms with Gasteiger partial charge in [-0.3, -0.25) is 9.59 Å². The van der Waals surface area contributed by atoms with E-state index in [1.807, 2.05) is 39.0 Å². The highest BCUT2D eigenvalue weighted by Crippen LogP contribution is 2.38. The molecule has 0 bridgehead atoms. The van der Waals surface area contributed by atoms with Crippen LogP contribution in [0, 0.1) is 6.92 Å². The lowest BCUT2D eigenvalue weighted by atomic mass is 10.1. The first-order valence-corrected chi connectivity index (χ1v) is 12.5. The van der Waals surface area contributed by atoms with Crippen molar-refractivity contribution in [1.82, 2.24) is 0 Å². The molecule has 0 fully saturated rings. The average Bonchev–Trinajstić information content (AvgIpc) is 2.72. The fraction of sp³-hybridized carbons (Fsp3) is 0.364. The summed E-state index contributed by atoms with van der Waals surface area (Å²) in [5, 5.41) is 5.47. The number of sulfone groups is 1. The summed E-state index contributed by atoms with van der Waals surface area (Å²) in [5.74, 6) is -0.757. The van der Waals surface area contributed by atoms with Crippen LogP contribution in [0.15, 0.2) is 46.2 Å². The summed E-state index contributed by atoms with van der Waals surface area (Å²) in [6, 6.07) is 10.5. The molecule has 0 aliphatic carbocycles. The van der Waals surface area contributed by atoms with Crippen LogP contribution in [0.25, 0.3) is 0 Å². The number of para-hydroxylation sites is 1. The number of nitrogens with one attached hydrogen (secondary N) is 2. The molecule has 2 amide bonds. The van der Waals surface area contributed by atoms with E-state index in [2.05, 4.69) is 10.6 Å². The number of fused-ring (bicyclic) bond motifs is 1. The number of carbonyl (C=O) groups is 2. The van der Waals surface area contributed by atoms with E-state index >= 15 is 0 Å². The molecule has 2 aromatic rings. The predicted octanol–water partition coefficient (Wildman–Crippen LogP) is 4.18. The summed E-state index contributed by atoms with van der Waals surface area (Å²) in [6.45, 7) is 5.85. The lowest BCUT2D eigenvalue weighted by molar-refractivity contribution is -0.116. The average molecular weight is 447 g/mol. The number of amides is 2. The van der Waals surface area contributed by atoms with Crippen molar-refractivity contribution >= 4 is 44.8 Å². The Labute approximate surface area is 181 Å². The minimum absolute atomic E-state index is 0.107. The maximum absolute atomic E-state index is 12.8. The molecule has 2 N–H and O–H groups in total. The van der Waals surface area contributed by atoms with Crippen LogP contribution in [0.5, 0.6) is 0 Å². The second-order valence-electron chi connectivity index (χ2n) is 7.24. The number of anilines is 2. The van der Waals surface area contributed by atoms with Gasteiger partial charge in [-0.05, 0) is 49.1 Å². The molecule has 1 aliphatic rings. The van der Waals surface area contributed by atoms with Gasteiger partial charge in [-0.15, -0.1) is 11.8 Å². The Balaban J connectivity index is 1.70. The Kier molecular flexibility index (Phi) is 6.88. The topological polar surface area (TPSA) is 92.3 Å². The molecule has 0 spiro atoms. The number of thioether (sulfide) groups is 1. The van der Waals surface area contributed by atoms with Gasteiger partial charge in [0.2, 0.25) is 11.8 Å². The SMILES string of the molecule is CCc1cccc(C)c1NC(=O)CCS(=O)(=O)c1ccc2c(c1)NC(=O)[C@@H](CC)S2. The standard InChI is InChI=1S/C22H26N2O4S2/c1-4-15-8-6-7-14(3)21(15)24-20(25)11-12-30(27,28)16-9-10-19-17(13-16)23-22(26)18(5-2)29-19/h6-10,13,18H,4-5,11-12H2,1-3H3,(H,23,26)(H,24,25)/t18-/m1/s1. The van der Waals surface area contributed by atoms with Gasteiger partial charge in [-0.25, -0.2) is 8.42 Å². The lowest BCUT2D eigenvalue weighted by Crippen LogP contribution is -2.28. The third kappa shape index (κ3) is 4.87. The number of benzene rings is 2. The number of hydrogen-bond acceptors (Lipinski definition) is 5. The molecule has 8 heteroatoms. The molecular formula is C22H26N2O4S2. The van der Waals surface area contributed by atoms with E-state index in [1.165, 1.54) is 17.8 Å². The van der Waals surface area contributed by atoms with E-state index in [9.17, 15) is 18.0 Å². The Morgan fingerprint density at radius 2 is 1.97 bits per heavy atom. The van der Waals surface area contributed by atoms with Gasteiger partial charge in [-0.2, -0.15) is 0 Å². The molecule has 1 heterocycles. The second kappa shape index (κ2) is 9.22. The normalized spacial score (nSPS) is 16.0. The molecule has 6 nitrogen and oxygen atoms in total. The smallest absolute Gasteiger partial charge is 0.237 e. The summed E-state index contributed by atoms with van der Waals surface area (Å²) in [7, 11) is -3.66. The molecule has 0 radical (unpaired) electrons. The van der Waals surface area contributed by atoms with Crippen LogP contribution in [0.2, 0.25) is 0 Å². The summed E-state index contributed by atoms with van der Waals surface area (Å²) in [5.41, 5.74) is 3.22. The largest absolute Gasteiger partial charge is 0.326 e. The van der Waals surface area contributed by atoms with Crippen LogP contribution >= 0.6 is 11.8 Å². The molecule has 0 saturated carbocycles. The predicted molar refractivity (Wildman–Crippen MR) is 121 cm³/mol. The number of hydrogen-bond donors (Lipinski definition) is 2. The fourth-order valence-corrected chi connectivity index (χ4v) is 5.63. The van der Waals surface area contributed by atoms with E-state index in [0.717, 1.165) is 28.1 Å². The van der Waals surface area contributed by atoms with Crippen molar-refractivity contribution in [2.75, 3.05) is 16.4 Å². The van der Waals surface area contributed by atoms with E-state index < -0.39 is 9.84 Å². The first-order chi connectivity index (χ1) is 14.2. The van der Waals surface area contributed by atoms with Gasteiger partial charge in [0.25, 0.3) is 0 Å². The van der Waals surface area contributed by atoms with Gasteiger partial charge in [-0.1, -0.05) is 32.0 Å². The molecule has 30 heavy (non-hydrogen) atoms. The molecule has 1 atom stereocenters. The van der Waals surface area contributed by atoms with Gasteiger partial charge in [0, 0.05) is 17.0 Å². The fourth-order valence-electron chi connectivity index (χ4n) is 3.34. The summed E-state index contributed by atoms with van der Waals surface area (Å²) in [6.07, 6.45) is 1.33. The van der Waals surface area contributed by atoms with Crippen LogP contribution < -0.4 is 10.6 Å². The number of carbonyl (C=O) groups excluding carboxylic acids is 2. The monoisotopic (exact) mass is 446 g/mol. The Hall–Kier alpha value is -2.32. The number of rotatable bonds is 7. The zero-order chi connectivity index (χ0) is 21.9. The lowest BCUT2D eigenvalue weighted by Gasteiger charge is -2.23. The molecule has 160 valence electrons. The minimum atomic E-state index is -3.66. The van der Waals surface area contributed by atoms with E-state index in [0.29, 0.717) is 12.1 Å². The summed E-state index contributed by atoms with van der Waals surface area (Å²) >= 11 is 1.44. The highest BCUT2D eigenvalue weighted by atomic mass is 32.2. The van der Waals surface area contributed by atoms with Crippen molar-refractivity contribution < 1.29 is 18.0 Å². The van der Waals surface area contributed by atoms with Gasteiger partial charge < -0.3 is 10.6 Å². The van der Waals surface area contributed by atoms with Crippen LogP contribution in [0.3, 0.4) is 0 Å². The third-order valence-electron chi connectivity index (χ3n) is 5.10. The summed E-state index contributed by atoms with van der Waals surface area (Å²) < 4.78 is 25.5. The zero-order valence-corrected chi connectivity index (χ0v) is 19.0. The molecule has 2 aromatic carbocycles. The first kappa shape index (κ1) is 22.4. The molecule has 0 saturated heterocycles. The Morgan fingerprint density at radius 3 is 2.67 bits per heavy atom. The molecular weight excluding hydrogens is 420 g/mol. The van der Waals surface area contributed by atoms with Crippen LogP contribution in [0.4, 0.5) is 11.4 Å². The molecule has 3 rings (SSSR count). The summed E-state index contributed by atoms with van der Waals surface area (Å²) in [4.78, 5) is 25.5. The molecule has 1 aliphatic heterocycles. The third-order valence-corrected chi connectivity index (χ3v) is 8.26. The Bertz CT molecular complexity index is 1080. The van der Waals surface area contributed by atoms with E-state index in [-0.39, 0.29) is 34.1 Å². The van der Waals surface area contributed by atoms with Crippen LogP contribution in [-0.2, 0) is 25.8 Å². The van der Waals surface area contributed by atoms with Crippen LogP contribution in [0.1, 0.15) is 37.8 Å². The van der Waals surface area contributed by atoms with Crippen molar-refractivity contribution in [2.45, 2.75) is 55.1 Å². The second-order valence-corrected chi connectivity index (χ2v) is 10.6. The van der Waals surface area contributed by atoms with Gasteiger partial charge in [0.15, 0.2) is 9.84 Å². The minimum Gasteiger partial charge on any atom is -0.326 e. The van der Waals surface area contributed by atoms with Crippen molar-refractivity contribution in [3.05, 3.63) is 47.5 Å². The maximum atomic E-state index is 12.8. The Morgan fingerprint density at radius 1 is 1.20 bits per heavy atom. The molecule has 0 unspecified atom stereocenters. The van der Waals surface area contributed by atoms with Gasteiger partial charge in [0.05, 0.1) is 21.6 Å². The zero-order valence-electron chi connectivity index (χ0n) is 17.3. The highest BCUT2D eigenvalue weighted by molar-refractivity contribution is 8.01. The van der Waals surface area contributed by atoms with Gasteiger partial charge >= 0.3 is 0 Å².